The molecule has 4 rings (SSSR count). The first-order chi connectivity index (χ1) is 10.1. The molecule has 1 aliphatic carbocycles. The zero-order valence-electron chi connectivity index (χ0n) is 11.0. The average Bonchev–Trinajstić information content (AvgIpc) is 3.09. The number of aromatic nitrogens is 2. The van der Waals surface area contributed by atoms with E-state index >= 15 is 0 Å². The molecule has 6 heteroatoms. The topological polar surface area (TPSA) is 48.6 Å². The van der Waals surface area contributed by atoms with Gasteiger partial charge in [-0.15, -0.1) is 22.9 Å². The summed E-state index contributed by atoms with van der Waals surface area (Å²) in [6, 6.07) is 6.08. The van der Waals surface area contributed by atoms with Crippen LogP contribution in [0.15, 0.2) is 27.5 Å². The number of H-pyrrole nitrogens is 2. The number of hydrogen-bond acceptors (Lipinski definition) is 2. The molecule has 3 nitrogen and oxygen atoms in total. The summed E-state index contributed by atoms with van der Waals surface area (Å²) in [5.74, 6) is 0. The number of aromatic amines is 2. The monoisotopic (exact) mass is 382 g/mol. The van der Waals surface area contributed by atoms with Crippen LogP contribution in [-0.4, -0.2) is 9.97 Å². The van der Waals surface area contributed by atoms with E-state index in [1.807, 2.05) is 23.5 Å². The van der Waals surface area contributed by atoms with Crippen molar-refractivity contribution in [3.05, 3.63) is 54.0 Å². The van der Waals surface area contributed by atoms with Crippen molar-refractivity contribution in [1.29, 1.82) is 0 Å². The third-order valence-electron chi connectivity index (χ3n) is 3.92. The first-order valence-corrected chi connectivity index (χ1v) is 8.83. The number of alkyl halides is 1. The molecule has 0 amide bonds. The molecule has 1 unspecified atom stereocenters. The van der Waals surface area contributed by atoms with Crippen LogP contribution in [0, 0.1) is 0 Å². The molecule has 0 saturated carbocycles. The Morgan fingerprint density at radius 1 is 1.19 bits per heavy atom. The molecule has 3 aromatic rings. The van der Waals surface area contributed by atoms with E-state index in [1.165, 1.54) is 34.6 Å². The van der Waals surface area contributed by atoms with E-state index in [1.54, 1.807) is 0 Å². The molecule has 1 aliphatic rings. The number of benzene rings is 1. The van der Waals surface area contributed by atoms with Crippen molar-refractivity contribution in [2.45, 2.75) is 24.6 Å². The molecular weight excluding hydrogens is 372 g/mol. The molecule has 2 aromatic heterocycles. The van der Waals surface area contributed by atoms with E-state index in [4.69, 9.17) is 11.6 Å². The van der Waals surface area contributed by atoms with E-state index in [2.05, 4.69) is 32.0 Å². The molecule has 0 bridgehead atoms. The zero-order valence-corrected chi connectivity index (χ0v) is 14.2. The van der Waals surface area contributed by atoms with Gasteiger partial charge in [0.15, 0.2) is 0 Å². The SMILES string of the molecule is O=c1[nH]c2cc(Br)c(C(Cl)c3cc4c(s3)CCC4)cc2[nH]1. The molecule has 0 fully saturated rings. The maximum atomic E-state index is 11.4. The Morgan fingerprint density at radius 3 is 2.71 bits per heavy atom. The van der Waals surface area contributed by atoms with Gasteiger partial charge in [0.25, 0.3) is 0 Å². The van der Waals surface area contributed by atoms with Crippen molar-refractivity contribution >= 4 is 49.9 Å². The van der Waals surface area contributed by atoms with E-state index < -0.39 is 0 Å². The van der Waals surface area contributed by atoms with Crippen LogP contribution >= 0.6 is 38.9 Å². The maximum Gasteiger partial charge on any atom is 0.323 e. The van der Waals surface area contributed by atoms with Crippen molar-refractivity contribution in [2.24, 2.45) is 0 Å². The van der Waals surface area contributed by atoms with Gasteiger partial charge in [0, 0.05) is 14.2 Å². The van der Waals surface area contributed by atoms with Gasteiger partial charge in [-0.1, -0.05) is 15.9 Å². The fraction of sp³-hybridized carbons (Fsp3) is 0.267. The summed E-state index contributed by atoms with van der Waals surface area (Å²) < 4.78 is 0.916. The number of hydrogen-bond donors (Lipinski definition) is 2. The molecule has 0 spiro atoms. The van der Waals surface area contributed by atoms with Crippen LogP contribution in [0.3, 0.4) is 0 Å². The van der Waals surface area contributed by atoms with E-state index in [0.717, 1.165) is 21.1 Å². The maximum absolute atomic E-state index is 11.4. The quantitative estimate of drug-likeness (QED) is 0.629. The fourth-order valence-corrected chi connectivity index (χ4v) is 5.23. The van der Waals surface area contributed by atoms with Crippen LogP contribution in [0.4, 0.5) is 0 Å². The predicted molar refractivity (Wildman–Crippen MR) is 90.7 cm³/mol. The summed E-state index contributed by atoms with van der Waals surface area (Å²) in [4.78, 5) is 19.6. The second kappa shape index (κ2) is 5.00. The molecule has 2 N–H and O–H groups in total. The standard InChI is InChI=1S/C15H12BrClN2OS/c16-9-6-11-10(18-15(20)19-11)5-8(9)14(17)13-4-7-2-1-3-12(7)21-13/h4-6,14H,1-3H2,(H2,18,19,20). The first kappa shape index (κ1) is 13.6. The van der Waals surface area contributed by atoms with Crippen LogP contribution in [0.2, 0.25) is 0 Å². The van der Waals surface area contributed by atoms with Gasteiger partial charge in [-0.3, -0.25) is 0 Å². The average molecular weight is 384 g/mol. The number of nitrogens with one attached hydrogen (secondary N) is 2. The highest BCUT2D eigenvalue weighted by Gasteiger charge is 2.22. The predicted octanol–water partition coefficient (Wildman–Crippen LogP) is 4.50. The van der Waals surface area contributed by atoms with Gasteiger partial charge >= 0.3 is 5.69 Å². The Balaban J connectivity index is 1.80. The van der Waals surface area contributed by atoms with Crippen LogP contribution in [0.25, 0.3) is 11.0 Å². The van der Waals surface area contributed by atoms with E-state index in [0.29, 0.717) is 0 Å². The van der Waals surface area contributed by atoms with Crippen LogP contribution < -0.4 is 5.69 Å². The minimum atomic E-state index is -0.199. The third kappa shape index (κ3) is 2.28. The lowest BCUT2D eigenvalue weighted by Gasteiger charge is -2.10. The molecule has 0 saturated heterocycles. The Kier molecular flexibility index (Phi) is 3.24. The van der Waals surface area contributed by atoms with Crippen LogP contribution in [0.1, 0.15) is 32.7 Å². The number of imidazole rings is 1. The number of thiophene rings is 1. The summed E-state index contributed by atoms with van der Waals surface area (Å²) in [6.07, 6.45) is 3.60. The molecule has 2 heterocycles. The van der Waals surface area contributed by atoms with Crippen molar-refractivity contribution in [3.63, 3.8) is 0 Å². The largest absolute Gasteiger partial charge is 0.323 e. The van der Waals surface area contributed by atoms with Gasteiger partial charge in [0.1, 0.15) is 0 Å². The van der Waals surface area contributed by atoms with E-state index in [-0.39, 0.29) is 11.1 Å². The van der Waals surface area contributed by atoms with Gasteiger partial charge < -0.3 is 9.97 Å². The fourth-order valence-electron chi connectivity index (χ4n) is 2.90. The number of rotatable bonds is 2. The number of halogens is 2. The molecule has 1 aromatic carbocycles. The van der Waals surface area contributed by atoms with Crippen molar-refractivity contribution in [3.8, 4) is 0 Å². The van der Waals surface area contributed by atoms with Crippen molar-refractivity contribution in [1.82, 2.24) is 9.97 Å². The summed E-state index contributed by atoms with van der Waals surface area (Å²) in [5, 5.41) is -0.197. The molecule has 21 heavy (non-hydrogen) atoms. The molecule has 0 radical (unpaired) electrons. The zero-order chi connectivity index (χ0) is 14.6. The lowest BCUT2D eigenvalue weighted by molar-refractivity contribution is 0.913. The number of aryl methyl sites for hydroxylation is 2. The summed E-state index contributed by atoms with van der Waals surface area (Å²) >= 11 is 12.1. The van der Waals surface area contributed by atoms with Gasteiger partial charge in [-0.25, -0.2) is 4.79 Å². The minimum absolute atomic E-state index is 0.197. The lowest BCUT2D eigenvalue weighted by atomic mass is 10.1. The molecule has 1 atom stereocenters. The van der Waals surface area contributed by atoms with Crippen molar-refractivity contribution < 1.29 is 0 Å². The number of fused-ring (bicyclic) bond motifs is 2. The molecular formula is C15H12BrClN2OS. The Labute approximate surface area is 138 Å². The normalized spacial score (nSPS) is 15.5. The summed E-state index contributed by atoms with van der Waals surface area (Å²) in [6.45, 7) is 0. The summed E-state index contributed by atoms with van der Waals surface area (Å²) in [7, 11) is 0. The third-order valence-corrected chi connectivity index (χ3v) is 6.51. The highest BCUT2D eigenvalue weighted by molar-refractivity contribution is 9.10. The molecule has 0 aliphatic heterocycles. The second-order valence-corrected chi connectivity index (χ2v) is 7.77. The van der Waals surface area contributed by atoms with Gasteiger partial charge in [0.05, 0.1) is 16.4 Å². The Morgan fingerprint density at radius 2 is 1.95 bits per heavy atom. The molecule has 108 valence electrons. The summed E-state index contributed by atoms with van der Waals surface area (Å²) in [5.41, 5.74) is 3.81. The van der Waals surface area contributed by atoms with Gasteiger partial charge in [-0.05, 0) is 48.6 Å². The van der Waals surface area contributed by atoms with Crippen LogP contribution in [-0.2, 0) is 12.8 Å². The Bertz CT molecular complexity index is 873. The van der Waals surface area contributed by atoms with Crippen molar-refractivity contribution in [2.75, 3.05) is 0 Å². The van der Waals surface area contributed by atoms with Crippen LogP contribution in [0.5, 0.6) is 0 Å². The minimum Gasteiger partial charge on any atom is -0.306 e. The highest BCUT2D eigenvalue weighted by atomic mass is 79.9. The van der Waals surface area contributed by atoms with E-state index in [9.17, 15) is 4.79 Å². The second-order valence-electron chi connectivity index (χ2n) is 5.31. The Hall–Kier alpha value is -1.04. The smallest absolute Gasteiger partial charge is 0.306 e. The lowest BCUT2D eigenvalue weighted by Crippen LogP contribution is -1.99. The van der Waals surface area contributed by atoms with Gasteiger partial charge in [0.2, 0.25) is 0 Å². The van der Waals surface area contributed by atoms with Gasteiger partial charge in [-0.2, -0.15) is 0 Å². The first-order valence-electron chi connectivity index (χ1n) is 6.79. The highest BCUT2D eigenvalue weighted by Crippen LogP contribution is 2.41.